The maximum Gasteiger partial charge on any atom is 0.262 e. The molecule has 3 aromatic carbocycles. The van der Waals surface area contributed by atoms with Gasteiger partial charge in [-0.05, 0) is 66.4 Å². The van der Waals surface area contributed by atoms with Crippen LogP contribution in [0.2, 0.25) is 0 Å². The third kappa shape index (κ3) is 3.99. The van der Waals surface area contributed by atoms with Crippen molar-refractivity contribution in [2.45, 2.75) is 10.1 Å². The van der Waals surface area contributed by atoms with Crippen LogP contribution in [0, 0.1) is 0 Å². The molecule has 1 aromatic heterocycles. The van der Waals surface area contributed by atoms with Crippen LogP contribution in [-0.2, 0) is 10.0 Å². The number of carbonyl (C=O) groups excluding carboxylic acids is 2. The molecular formula is C23H17N3O6S2. The van der Waals surface area contributed by atoms with Crippen molar-refractivity contribution in [2.24, 2.45) is 0 Å². The number of amides is 2. The van der Waals surface area contributed by atoms with Crippen molar-refractivity contribution in [2.75, 3.05) is 17.7 Å². The summed E-state index contributed by atoms with van der Waals surface area (Å²) in [5.41, 5.74) is 1.84. The Labute approximate surface area is 198 Å². The highest BCUT2D eigenvalue weighted by molar-refractivity contribution is 7.99. The number of anilines is 1. The fourth-order valence-corrected chi connectivity index (χ4v) is 5.33. The third-order valence-corrected chi connectivity index (χ3v) is 7.38. The number of carbonyl (C=O) groups is 2. The first-order chi connectivity index (χ1) is 16.4. The largest absolute Gasteiger partial charge is 0.497 e. The zero-order valence-corrected chi connectivity index (χ0v) is 19.4. The molecule has 172 valence electrons. The van der Waals surface area contributed by atoms with E-state index in [0.29, 0.717) is 33.7 Å². The van der Waals surface area contributed by atoms with Gasteiger partial charge in [-0.25, -0.2) is 13.4 Å². The third-order valence-electron chi connectivity index (χ3n) is 5.19. The molecule has 0 radical (unpaired) electrons. The predicted octanol–water partition coefficient (Wildman–Crippen LogP) is 3.98. The second-order valence-electron chi connectivity index (χ2n) is 7.30. The van der Waals surface area contributed by atoms with Gasteiger partial charge in [-0.2, -0.15) is 0 Å². The second kappa shape index (κ2) is 8.50. The van der Waals surface area contributed by atoms with Crippen molar-refractivity contribution in [3.05, 3.63) is 77.9 Å². The molecule has 0 unspecified atom stereocenters. The Morgan fingerprint density at radius 3 is 2.32 bits per heavy atom. The first-order valence-electron chi connectivity index (χ1n) is 10.0. The minimum atomic E-state index is -3.86. The minimum Gasteiger partial charge on any atom is -0.497 e. The van der Waals surface area contributed by atoms with E-state index in [1.807, 2.05) is 0 Å². The first-order valence-corrected chi connectivity index (χ1v) is 12.5. The molecule has 34 heavy (non-hydrogen) atoms. The summed E-state index contributed by atoms with van der Waals surface area (Å²) in [5.74, 6) is -0.119. The SMILES string of the molecule is COc1ccc(NS(=O)(=O)c2ccc3oc(SCN4C(=O)c5ccccc5C4=O)nc3c2)cc1. The second-order valence-corrected chi connectivity index (χ2v) is 9.88. The van der Waals surface area contributed by atoms with E-state index in [9.17, 15) is 18.0 Å². The molecule has 0 aliphatic carbocycles. The molecule has 1 N–H and O–H groups in total. The lowest BCUT2D eigenvalue weighted by Crippen LogP contribution is -2.29. The van der Waals surface area contributed by atoms with Gasteiger partial charge in [0.25, 0.3) is 27.1 Å². The van der Waals surface area contributed by atoms with Crippen molar-refractivity contribution >= 4 is 50.4 Å². The Bertz CT molecular complexity index is 1500. The monoisotopic (exact) mass is 495 g/mol. The van der Waals surface area contributed by atoms with E-state index in [4.69, 9.17) is 9.15 Å². The number of ether oxygens (including phenoxy) is 1. The maximum absolute atomic E-state index is 12.8. The van der Waals surface area contributed by atoms with Crippen LogP contribution < -0.4 is 9.46 Å². The molecule has 0 spiro atoms. The summed E-state index contributed by atoms with van der Waals surface area (Å²) in [4.78, 5) is 30.5. The highest BCUT2D eigenvalue weighted by Gasteiger charge is 2.35. The average Bonchev–Trinajstić information content (AvgIpc) is 3.36. The molecule has 11 heteroatoms. The summed E-state index contributed by atoms with van der Waals surface area (Å²) in [5, 5.41) is 0.212. The Morgan fingerprint density at radius 2 is 1.68 bits per heavy atom. The molecule has 5 rings (SSSR count). The van der Waals surface area contributed by atoms with Crippen LogP contribution in [-0.4, -0.2) is 43.1 Å². The summed E-state index contributed by atoms with van der Waals surface area (Å²) in [6, 6.07) is 17.5. The van der Waals surface area contributed by atoms with Gasteiger partial charge in [0.05, 0.1) is 29.0 Å². The lowest BCUT2D eigenvalue weighted by atomic mass is 10.1. The standard InChI is InChI=1S/C23H17N3O6S2/c1-31-15-8-6-14(7-9-15)25-34(29,30)16-10-11-20-19(12-16)24-23(32-20)33-13-26-21(27)17-4-2-3-5-18(17)22(26)28/h2-12,25H,13H2,1H3. The molecule has 4 aromatic rings. The van der Waals surface area contributed by atoms with Gasteiger partial charge in [0.2, 0.25) is 0 Å². The minimum absolute atomic E-state index is 0.0148. The van der Waals surface area contributed by atoms with E-state index in [1.165, 1.54) is 25.3 Å². The molecule has 0 bridgehead atoms. The topological polar surface area (TPSA) is 119 Å². The molecular weight excluding hydrogens is 478 g/mol. The van der Waals surface area contributed by atoms with E-state index in [0.717, 1.165) is 16.7 Å². The van der Waals surface area contributed by atoms with Gasteiger partial charge in [0.15, 0.2) is 5.58 Å². The molecule has 0 fully saturated rings. The summed E-state index contributed by atoms with van der Waals surface area (Å²) >= 11 is 1.07. The fraction of sp³-hybridized carbons (Fsp3) is 0.0870. The van der Waals surface area contributed by atoms with E-state index in [2.05, 4.69) is 9.71 Å². The van der Waals surface area contributed by atoms with Crippen molar-refractivity contribution < 1.29 is 27.2 Å². The van der Waals surface area contributed by atoms with Gasteiger partial charge in [-0.1, -0.05) is 12.1 Å². The lowest BCUT2D eigenvalue weighted by molar-refractivity contribution is 0.0684. The van der Waals surface area contributed by atoms with Crippen LogP contribution in [0.1, 0.15) is 20.7 Å². The highest BCUT2D eigenvalue weighted by Crippen LogP contribution is 2.30. The maximum atomic E-state index is 12.8. The zero-order chi connectivity index (χ0) is 23.9. The van der Waals surface area contributed by atoms with Gasteiger partial charge in [0.1, 0.15) is 11.3 Å². The molecule has 0 saturated carbocycles. The van der Waals surface area contributed by atoms with Crippen molar-refractivity contribution in [3.8, 4) is 5.75 Å². The number of imide groups is 1. The summed E-state index contributed by atoms with van der Waals surface area (Å²) < 4.78 is 38.8. The Morgan fingerprint density at radius 1 is 1.00 bits per heavy atom. The highest BCUT2D eigenvalue weighted by atomic mass is 32.2. The fourth-order valence-electron chi connectivity index (χ4n) is 3.46. The Kier molecular flexibility index (Phi) is 5.50. The number of hydrogen-bond acceptors (Lipinski definition) is 8. The zero-order valence-electron chi connectivity index (χ0n) is 17.7. The van der Waals surface area contributed by atoms with Crippen molar-refractivity contribution in [3.63, 3.8) is 0 Å². The number of oxazole rings is 1. The van der Waals surface area contributed by atoms with Crippen LogP contribution in [0.4, 0.5) is 5.69 Å². The average molecular weight is 496 g/mol. The van der Waals surface area contributed by atoms with Crippen LogP contribution in [0.25, 0.3) is 11.1 Å². The number of thioether (sulfide) groups is 1. The molecule has 9 nitrogen and oxygen atoms in total. The van der Waals surface area contributed by atoms with Crippen molar-refractivity contribution in [1.82, 2.24) is 9.88 Å². The van der Waals surface area contributed by atoms with Crippen LogP contribution in [0.15, 0.2) is 81.3 Å². The van der Waals surface area contributed by atoms with Crippen LogP contribution in [0.5, 0.6) is 5.75 Å². The number of rotatable bonds is 7. The number of nitrogens with one attached hydrogen (secondary N) is 1. The number of fused-ring (bicyclic) bond motifs is 2. The summed E-state index contributed by atoms with van der Waals surface area (Å²) in [7, 11) is -2.34. The van der Waals surface area contributed by atoms with Crippen LogP contribution >= 0.6 is 11.8 Å². The molecule has 1 aliphatic heterocycles. The number of sulfonamides is 1. The van der Waals surface area contributed by atoms with Gasteiger partial charge in [-0.3, -0.25) is 19.2 Å². The molecule has 1 aliphatic rings. The van der Waals surface area contributed by atoms with Crippen molar-refractivity contribution in [1.29, 1.82) is 0 Å². The number of nitrogens with zero attached hydrogens (tertiary/aromatic N) is 2. The molecule has 0 atom stereocenters. The van der Waals surface area contributed by atoms with E-state index in [1.54, 1.807) is 48.5 Å². The molecule has 2 amide bonds. The van der Waals surface area contributed by atoms with Gasteiger partial charge in [-0.15, -0.1) is 0 Å². The normalized spacial score (nSPS) is 13.4. The Hall–Kier alpha value is -3.83. The number of methoxy groups -OCH3 is 1. The Balaban J connectivity index is 1.32. The van der Waals surface area contributed by atoms with Gasteiger partial charge < -0.3 is 9.15 Å². The number of hydrogen-bond donors (Lipinski definition) is 1. The predicted molar refractivity (Wildman–Crippen MR) is 125 cm³/mol. The van der Waals surface area contributed by atoms with E-state index >= 15 is 0 Å². The first kappa shape index (κ1) is 22.0. The van der Waals surface area contributed by atoms with Gasteiger partial charge in [0, 0.05) is 5.69 Å². The van der Waals surface area contributed by atoms with Gasteiger partial charge >= 0.3 is 0 Å². The van der Waals surface area contributed by atoms with Crippen LogP contribution in [0.3, 0.4) is 0 Å². The molecule has 0 saturated heterocycles. The van der Waals surface area contributed by atoms with E-state index < -0.39 is 10.0 Å². The number of aromatic nitrogens is 1. The number of benzene rings is 3. The molecule has 2 heterocycles. The summed E-state index contributed by atoms with van der Waals surface area (Å²) in [6.07, 6.45) is 0. The smallest absolute Gasteiger partial charge is 0.262 e. The lowest BCUT2D eigenvalue weighted by Gasteiger charge is -2.11. The summed E-state index contributed by atoms with van der Waals surface area (Å²) in [6.45, 7) is 0. The quantitative estimate of drug-likeness (QED) is 0.302. The van der Waals surface area contributed by atoms with E-state index in [-0.39, 0.29) is 27.8 Å².